The topological polar surface area (TPSA) is 76.2 Å². The molecule has 18 heavy (non-hydrogen) atoms. The Morgan fingerprint density at radius 1 is 1.06 bits per heavy atom. The van der Waals surface area contributed by atoms with Gasteiger partial charge in [0.15, 0.2) is 16.9 Å². The molecule has 3 rings (SSSR count). The fourth-order valence-corrected chi connectivity index (χ4v) is 1.64. The summed E-state index contributed by atoms with van der Waals surface area (Å²) in [6.07, 6.45) is 0. The summed E-state index contributed by atoms with van der Waals surface area (Å²) in [4.78, 5) is 18.9. The molecule has 2 heterocycles. The quantitative estimate of drug-likeness (QED) is 0.745. The molecule has 0 radical (unpaired) electrons. The molecule has 5 nitrogen and oxygen atoms in total. The first kappa shape index (κ1) is 10.5. The van der Waals surface area contributed by atoms with E-state index >= 15 is 0 Å². The Balaban J connectivity index is 2.14. The molecule has 0 fully saturated rings. The zero-order chi connectivity index (χ0) is 12.5. The van der Waals surface area contributed by atoms with Gasteiger partial charge in [0.2, 0.25) is 5.89 Å². The van der Waals surface area contributed by atoms with Crippen molar-refractivity contribution >= 4 is 17.2 Å². The van der Waals surface area contributed by atoms with Crippen LogP contribution in [-0.4, -0.2) is 21.0 Å². The lowest BCUT2D eigenvalue weighted by Gasteiger charge is -1.91. The maximum absolute atomic E-state index is 10.8. The Morgan fingerprint density at radius 2 is 1.83 bits per heavy atom. The molecule has 0 unspecified atom stereocenters. The molecule has 0 saturated carbocycles. The van der Waals surface area contributed by atoms with E-state index in [1.54, 1.807) is 6.07 Å². The van der Waals surface area contributed by atoms with Gasteiger partial charge in [-0.25, -0.2) is 9.78 Å². The van der Waals surface area contributed by atoms with Crippen molar-refractivity contribution in [1.29, 1.82) is 0 Å². The Morgan fingerprint density at radius 3 is 2.56 bits per heavy atom. The number of carboxylic acid groups (broad SMARTS) is 1. The van der Waals surface area contributed by atoms with Crippen LogP contribution in [0.5, 0.6) is 0 Å². The standard InChI is InChI=1S/C13H8N2O3/c16-13(17)9-6-7-10-11(14-9)15-12(18-10)8-4-2-1-3-5-8/h1-7H,(H,16,17). The zero-order valence-corrected chi connectivity index (χ0v) is 9.20. The third kappa shape index (κ3) is 1.71. The van der Waals surface area contributed by atoms with Gasteiger partial charge in [-0.05, 0) is 24.3 Å². The van der Waals surface area contributed by atoms with E-state index in [1.807, 2.05) is 30.3 Å². The van der Waals surface area contributed by atoms with Crippen molar-refractivity contribution < 1.29 is 14.3 Å². The smallest absolute Gasteiger partial charge is 0.354 e. The molecule has 0 aliphatic rings. The molecule has 2 aromatic heterocycles. The van der Waals surface area contributed by atoms with Gasteiger partial charge in [-0.2, -0.15) is 4.98 Å². The highest BCUT2D eigenvalue weighted by molar-refractivity contribution is 5.88. The number of benzene rings is 1. The number of fused-ring (bicyclic) bond motifs is 1. The summed E-state index contributed by atoms with van der Waals surface area (Å²) in [5.41, 5.74) is 1.55. The van der Waals surface area contributed by atoms with Crippen LogP contribution in [0.1, 0.15) is 10.5 Å². The van der Waals surface area contributed by atoms with E-state index < -0.39 is 5.97 Å². The van der Waals surface area contributed by atoms with Gasteiger partial charge in [-0.15, -0.1) is 0 Å². The van der Waals surface area contributed by atoms with Crippen LogP contribution in [0.4, 0.5) is 0 Å². The van der Waals surface area contributed by atoms with E-state index in [0.29, 0.717) is 17.1 Å². The molecular formula is C13H8N2O3. The van der Waals surface area contributed by atoms with E-state index in [9.17, 15) is 4.79 Å². The molecule has 0 aliphatic carbocycles. The second-order valence-electron chi connectivity index (χ2n) is 3.71. The van der Waals surface area contributed by atoms with Crippen LogP contribution in [0.15, 0.2) is 46.9 Å². The number of nitrogens with zero attached hydrogens (tertiary/aromatic N) is 2. The number of pyridine rings is 1. The van der Waals surface area contributed by atoms with E-state index in [-0.39, 0.29) is 5.69 Å². The summed E-state index contributed by atoms with van der Waals surface area (Å²) in [7, 11) is 0. The summed E-state index contributed by atoms with van der Waals surface area (Å²) in [6.45, 7) is 0. The average Bonchev–Trinajstić information content (AvgIpc) is 2.82. The molecular weight excluding hydrogens is 232 g/mol. The summed E-state index contributed by atoms with van der Waals surface area (Å²) >= 11 is 0. The highest BCUT2D eigenvalue weighted by Gasteiger charge is 2.12. The number of carboxylic acids is 1. The molecule has 1 aromatic carbocycles. The SMILES string of the molecule is O=C(O)c1ccc2oc(-c3ccccc3)nc2n1. The van der Waals surface area contributed by atoms with Gasteiger partial charge in [0.25, 0.3) is 0 Å². The molecule has 0 spiro atoms. The van der Waals surface area contributed by atoms with Crippen LogP contribution in [0.2, 0.25) is 0 Å². The second-order valence-corrected chi connectivity index (χ2v) is 3.71. The molecule has 0 bridgehead atoms. The summed E-state index contributed by atoms with van der Waals surface area (Å²) in [5.74, 6) is -0.651. The highest BCUT2D eigenvalue weighted by Crippen LogP contribution is 2.22. The number of carbonyl (C=O) groups is 1. The minimum Gasteiger partial charge on any atom is -0.477 e. The number of oxazole rings is 1. The van der Waals surface area contributed by atoms with Gasteiger partial charge in [0.05, 0.1) is 0 Å². The van der Waals surface area contributed by atoms with Crippen LogP contribution < -0.4 is 0 Å². The number of hydrogen-bond acceptors (Lipinski definition) is 4. The fourth-order valence-electron chi connectivity index (χ4n) is 1.64. The first-order valence-corrected chi connectivity index (χ1v) is 5.30. The van der Waals surface area contributed by atoms with Crippen LogP contribution in [0.25, 0.3) is 22.7 Å². The van der Waals surface area contributed by atoms with Gasteiger partial charge >= 0.3 is 5.97 Å². The molecule has 0 saturated heterocycles. The van der Waals surface area contributed by atoms with Gasteiger partial charge in [0, 0.05) is 5.56 Å². The highest BCUT2D eigenvalue weighted by atomic mass is 16.4. The normalized spacial score (nSPS) is 10.7. The third-order valence-corrected chi connectivity index (χ3v) is 2.49. The van der Waals surface area contributed by atoms with Gasteiger partial charge < -0.3 is 9.52 Å². The lowest BCUT2D eigenvalue weighted by Crippen LogP contribution is -1.99. The third-order valence-electron chi connectivity index (χ3n) is 2.49. The number of rotatable bonds is 2. The van der Waals surface area contributed by atoms with Gasteiger partial charge in [-0.1, -0.05) is 18.2 Å². The monoisotopic (exact) mass is 240 g/mol. The van der Waals surface area contributed by atoms with Gasteiger partial charge in [-0.3, -0.25) is 0 Å². The molecule has 0 atom stereocenters. The van der Waals surface area contributed by atoms with Crippen molar-refractivity contribution in [3.63, 3.8) is 0 Å². The minimum atomic E-state index is -1.08. The first-order chi connectivity index (χ1) is 8.74. The van der Waals surface area contributed by atoms with E-state index in [0.717, 1.165) is 5.56 Å². The maximum Gasteiger partial charge on any atom is 0.354 e. The average molecular weight is 240 g/mol. The lowest BCUT2D eigenvalue weighted by atomic mass is 10.2. The number of aromatic carboxylic acids is 1. The minimum absolute atomic E-state index is 0.0459. The van der Waals surface area contributed by atoms with E-state index in [1.165, 1.54) is 6.07 Å². The van der Waals surface area contributed by atoms with Crippen molar-refractivity contribution in [3.8, 4) is 11.5 Å². The predicted octanol–water partition coefficient (Wildman–Crippen LogP) is 2.59. The molecule has 5 heteroatoms. The Hall–Kier alpha value is -2.69. The van der Waals surface area contributed by atoms with Crippen LogP contribution >= 0.6 is 0 Å². The van der Waals surface area contributed by atoms with E-state index in [4.69, 9.17) is 9.52 Å². The largest absolute Gasteiger partial charge is 0.477 e. The molecule has 0 amide bonds. The van der Waals surface area contributed by atoms with Crippen molar-refractivity contribution in [1.82, 2.24) is 9.97 Å². The van der Waals surface area contributed by atoms with Crippen molar-refractivity contribution in [2.45, 2.75) is 0 Å². The molecule has 1 N–H and O–H groups in total. The Labute approximate surface area is 102 Å². The summed E-state index contributed by atoms with van der Waals surface area (Å²) < 4.78 is 5.52. The predicted molar refractivity (Wildman–Crippen MR) is 64.2 cm³/mol. The van der Waals surface area contributed by atoms with E-state index in [2.05, 4.69) is 9.97 Å². The molecule has 88 valence electrons. The van der Waals surface area contributed by atoms with Gasteiger partial charge in [0.1, 0.15) is 0 Å². The van der Waals surface area contributed by atoms with Crippen molar-refractivity contribution in [2.24, 2.45) is 0 Å². The van der Waals surface area contributed by atoms with Crippen LogP contribution in [0, 0.1) is 0 Å². The summed E-state index contributed by atoms with van der Waals surface area (Å²) in [5, 5.41) is 8.85. The second kappa shape index (κ2) is 3.96. The molecule has 3 aromatic rings. The van der Waals surface area contributed by atoms with Crippen LogP contribution in [0.3, 0.4) is 0 Å². The van der Waals surface area contributed by atoms with Crippen LogP contribution in [-0.2, 0) is 0 Å². The fraction of sp³-hybridized carbons (Fsp3) is 0. The molecule has 0 aliphatic heterocycles. The number of aromatic nitrogens is 2. The van der Waals surface area contributed by atoms with Crippen molar-refractivity contribution in [2.75, 3.05) is 0 Å². The van der Waals surface area contributed by atoms with Crippen molar-refractivity contribution in [3.05, 3.63) is 48.2 Å². The number of hydrogen-bond donors (Lipinski definition) is 1. The Kier molecular flexibility index (Phi) is 2.30. The maximum atomic E-state index is 10.8. The lowest BCUT2D eigenvalue weighted by molar-refractivity contribution is 0.0691. The Bertz CT molecular complexity index is 719. The zero-order valence-electron chi connectivity index (χ0n) is 9.20. The first-order valence-electron chi connectivity index (χ1n) is 5.30. The summed E-state index contributed by atoms with van der Waals surface area (Å²) in [6, 6.07) is 12.3.